The Labute approximate surface area is 95.5 Å². The molecule has 0 bridgehead atoms. The third-order valence-corrected chi connectivity index (χ3v) is 4.23. The summed E-state index contributed by atoms with van der Waals surface area (Å²) in [7, 11) is 0. The standard InChI is InChI=1S/C10H9BrS2/c1-2-6-3-7-5-9(11)13-10(7)8(12)4-6/h3-5,12H,2H2,1H3. The second kappa shape index (κ2) is 3.64. The molecule has 2 aromatic rings. The van der Waals surface area contributed by atoms with Crippen molar-refractivity contribution in [1.29, 1.82) is 0 Å². The summed E-state index contributed by atoms with van der Waals surface area (Å²) < 4.78 is 2.44. The number of aryl methyl sites for hydroxylation is 1. The summed E-state index contributed by atoms with van der Waals surface area (Å²) in [5, 5.41) is 1.29. The van der Waals surface area contributed by atoms with E-state index in [2.05, 4.69) is 53.7 Å². The maximum atomic E-state index is 4.48. The summed E-state index contributed by atoms with van der Waals surface area (Å²) >= 11 is 9.70. The zero-order valence-electron chi connectivity index (χ0n) is 7.17. The van der Waals surface area contributed by atoms with Crippen molar-refractivity contribution in [2.45, 2.75) is 18.2 Å². The molecule has 0 aliphatic heterocycles. The van der Waals surface area contributed by atoms with Gasteiger partial charge in [-0.2, -0.15) is 0 Å². The van der Waals surface area contributed by atoms with Crippen LogP contribution in [0.2, 0.25) is 0 Å². The van der Waals surface area contributed by atoms with Crippen LogP contribution < -0.4 is 0 Å². The Morgan fingerprint density at radius 1 is 1.38 bits per heavy atom. The Bertz CT molecular complexity index is 445. The van der Waals surface area contributed by atoms with E-state index in [-0.39, 0.29) is 0 Å². The summed E-state index contributed by atoms with van der Waals surface area (Å²) in [4.78, 5) is 1.09. The first-order chi connectivity index (χ1) is 6.20. The highest BCUT2D eigenvalue weighted by Crippen LogP contribution is 2.34. The van der Waals surface area contributed by atoms with Crippen molar-refractivity contribution in [3.63, 3.8) is 0 Å². The Morgan fingerprint density at radius 2 is 2.15 bits per heavy atom. The molecule has 2 rings (SSSR count). The van der Waals surface area contributed by atoms with Crippen LogP contribution in [0.4, 0.5) is 0 Å². The average Bonchev–Trinajstić information content (AvgIpc) is 2.46. The van der Waals surface area contributed by atoms with Gasteiger partial charge in [-0.3, -0.25) is 0 Å². The number of fused-ring (bicyclic) bond motifs is 1. The maximum Gasteiger partial charge on any atom is 0.0711 e. The van der Waals surface area contributed by atoms with Gasteiger partial charge in [0.25, 0.3) is 0 Å². The maximum absolute atomic E-state index is 4.48. The van der Waals surface area contributed by atoms with Gasteiger partial charge < -0.3 is 0 Å². The topological polar surface area (TPSA) is 0 Å². The summed E-state index contributed by atoms with van der Waals surface area (Å²) in [5.74, 6) is 0. The van der Waals surface area contributed by atoms with Crippen LogP contribution in [0.5, 0.6) is 0 Å². The van der Waals surface area contributed by atoms with Crippen LogP contribution in [0, 0.1) is 0 Å². The Kier molecular flexibility index (Phi) is 2.67. The molecule has 0 fully saturated rings. The zero-order valence-corrected chi connectivity index (χ0v) is 10.5. The fourth-order valence-electron chi connectivity index (χ4n) is 1.37. The predicted molar refractivity (Wildman–Crippen MR) is 66.2 cm³/mol. The lowest BCUT2D eigenvalue weighted by molar-refractivity contribution is 1.14. The normalized spacial score (nSPS) is 11.0. The SMILES string of the molecule is CCc1cc(S)c2sc(Br)cc2c1. The van der Waals surface area contributed by atoms with Gasteiger partial charge in [0, 0.05) is 9.60 Å². The molecule has 0 saturated carbocycles. The van der Waals surface area contributed by atoms with Crippen LogP contribution in [-0.2, 0) is 6.42 Å². The molecular weight excluding hydrogens is 264 g/mol. The summed E-state index contributed by atoms with van der Waals surface area (Å²) in [6.07, 6.45) is 1.07. The number of thiol groups is 1. The van der Waals surface area contributed by atoms with Crippen molar-refractivity contribution in [2.24, 2.45) is 0 Å². The van der Waals surface area contributed by atoms with Crippen LogP contribution in [0.3, 0.4) is 0 Å². The molecule has 0 spiro atoms. The Balaban J connectivity index is 2.75. The molecule has 0 nitrogen and oxygen atoms in total. The van der Waals surface area contributed by atoms with Crippen molar-refractivity contribution in [1.82, 2.24) is 0 Å². The molecule has 1 aromatic carbocycles. The van der Waals surface area contributed by atoms with Crippen LogP contribution in [0.25, 0.3) is 10.1 Å². The van der Waals surface area contributed by atoms with Crippen LogP contribution in [-0.4, -0.2) is 0 Å². The van der Waals surface area contributed by atoms with E-state index in [9.17, 15) is 0 Å². The fraction of sp³-hybridized carbons (Fsp3) is 0.200. The van der Waals surface area contributed by atoms with E-state index in [1.807, 2.05) is 0 Å². The lowest BCUT2D eigenvalue weighted by Crippen LogP contribution is -1.79. The van der Waals surface area contributed by atoms with E-state index in [0.29, 0.717) is 0 Å². The quantitative estimate of drug-likeness (QED) is 0.726. The van der Waals surface area contributed by atoms with Crippen molar-refractivity contribution in [3.8, 4) is 0 Å². The number of thiophene rings is 1. The molecule has 0 atom stereocenters. The number of hydrogen-bond donors (Lipinski definition) is 1. The molecule has 3 heteroatoms. The third kappa shape index (κ3) is 1.78. The van der Waals surface area contributed by atoms with E-state index in [0.717, 1.165) is 11.3 Å². The molecular formula is C10H9BrS2. The van der Waals surface area contributed by atoms with Gasteiger partial charge in [0.2, 0.25) is 0 Å². The molecule has 0 aliphatic carbocycles. The van der Waals surface area contributed by atoms with Gasteiger partial charge in [-0.25, -0.2) is 0 Å². The highest BCUT2D eigenvalue weighted by molar-refractivity contribution is 9.11. The molecule has 0 N–H and O–H groups in total. The van der Waals surface area contributed by atoms with Crippen LogP contribution in [0.1, 0.15) is 12.5 Å². The molecule has 0 radical (unpaired) electrons. The highest BCUT2D eigenvalue weighted by atomic mass is 79.9. The Morgan fingerprint density at radius 3 is 2.85 bits per heavy atom. The summed E-state index contributed by atoms with van der Waals surface area (Å²) in [5.41, 5.74) is 1.35. The first kappa shape index (κ1) is 9.56. The van der Waals surface area contributed by atoms with E-state index < -0.39 is 0 Å². The van der Waals surface area contributed by atoms with Crippen LogP contribution in [0.15, 0.2) is 26.9 Å². The Hall–Kier alpha value is 0.01000. The monoisotopic (exact) mass is 272 g/mol. The van der Waals surface area contributed by atoms with Crippen molar-refractivity contribution in [2.75, 3.05) is 0 Å². The van der Waals surface area contributed by atoms with Crippen molar-refractivity contribution >= 4 is 50.0 Å². The number of halogens is 1. The van der Waals surface area contributed by atoms with Gasteiger partial charge in [-0.1, -0.05) is 13.0 Å². The van der Waals surface area contributed by atoms with Gasteiger partial charge >= 0.3 is 0 Å². The minimum Gasteiger partial charge on any atom is -0.142 e. The first-order valence-corrected chi connectivity index (χ1v) is 6.17. The van der Waals surface area contributed by atoms with Crippen molar-refractivity contribution < 1.29 is 0 Å². The summed E-state index contributed by atoms with van der Waals surface area (Å²) in [6, 6.07) is 6.53. The highest BCUT2D eigenvalue weighted by Gasteiger charge is 2.04. The predicted octanol–water partition coefficient (Wildman–Crippen LogP) is 4.51. The lowest BCUT2D eigenvalue weighted by Gasteiger charge is -1.99. The van der Waals surface area contributed by atoms with Crippen molar-refractivity contribution in [3.05, 3.63) is 27.5 Å². The fourth-order valence-corrected chi connectivity index (χ4v) is 3.31. The minimum absolute atomic E-state index is 1.07. The van der Waals surface area contributed by atoms with Gasteiger partial charge in [-0.05, 0) is 45.4 Å². The van der Waals surface area contributed by atoms with E-state index in [4.69, 9.17) is 0 Å². The molecule has 13 heavy (non-hydrogen) atoms. The molecule has 1 aromatic heterocycles. The van der Waals surface area contributed by atoms with Gasteiger partial charge in [0.1, 0.15) is 0 Å². The number of hydrogen-bond acceptors (Lipinski definition) is 2. The van der Waals surface area contributed by atoms with Gasteiger partial charge in [0.15, 0.2) is 0 Å². The number of benzene rings is 1. The zero-order chi connectivity index (χ0) is 9.42. The van der Waals surface area contributed by atoms with Gasteiger partial charge in [0.05, 0.1) is 3.79 Å². The number of rotatable bonds is 1. The third-order valence-electron chi connectivity index (χ3n) is 2.03. The molecule has 0 aliphatic rings. The first-order valence-electron chi connectivity index (χ1n) is 4.11. The molecule has 0 saturated heterocycles. The lowest BCUT2D eigenvalue weighted by atomic mass is 10.1. The largest absolute Gasteiger partial charge is 0.142 e. The van der Waals surface area contributed by atoms with E-state index >= 15 is 0 Å². The van der Waals surface area contributed by atoms with E-state index in [1.165, 1.54) is 19.4 Å². The van der Waals surface area contributed by atoms with Gasteiger partial charge in [-0.15, -0.1) is 24.0 Å². The second-order valence-electron chi connectivity index (χ2n) is 2.94. The molecule has 0 unspecified atom stereocenters. The average molecular weight is 273 g/mol. The molecule has 68 valence electrons. The molecule has 1 heterocycles. The second-order valence-corrected chi connectivity index (χ2v) is 5.85. The van der Waals surface area contributed by atoms with E-state index in [1.54, 1.807) is 11.3 Å². The van der Waals surface area contributed by atoms with Crippen LogP contribution >= 0.6 is 39.9 Å². The minimum atomic E-state index is 1.07. The summed E-state index contributed by atoms with van der Waals surface area (Å²) in [6.45, 7) is 2.16. The smallest absolute Gasteiger partial charge is 0.0711 e. The molecule has 0 amide bonds.